The molecule has 0 N–H and O–H groups in total. The van der Waals surface area contributed by atoms with Gasteiger partial charge in [0, 0.05) is 65.8 Å². The summed E-state index contributed by atoms with van der Waals surface area (Å²) in [6.45, 7) is 10.6. The highest BCUT2D eigenvalue weighted by molar-refractivity contribution is 7.84. The Bertz CT molecular complexity index is 903. The maximum Gasteiger partial charge on any atom is 0.500 e. The van der Waals surface area contributed by atoms with Crippen LogP contribution in [0, 0.1) is 0 Å². The van der Waals surface area contributed by atoms with Gasteiger partial charge in [0.2, 0.25) is 0 Å². The summed E-state index contributed by atoms with van der Waals surface area (Å²) in [6.07, 6.45) is 28.9. The Morgan fingerprint density at radius 1 is 0.449 bits per heavy atom. The number of hydrogen-bond acceptors (Lipinski definition) is 4. The second kappa shape index (κ2) is 29.4. The second-order valence-electron chi connectivity index (χ2n) is 16.6. The van der Waals surface area contributed by atoms with E-state index < -0.39 is 35.8 Å². The van der Waals surface area contributed by atoms with E-state index in [4.69, 9.17) is 13.3 Å². The fourth-order valence-electron chi connectivity index (χ4n) is 7.31. The van der Waals surface area contributed by atoms with Crippen LogP contribution in [0.5, 0.6) is 0 Å². The fraction of sp³-hybridized carbons (Fsp3) is 0.854. The number of rotatable bonds is 35. The van der Waals surface area contributed by atoms with Crippen LogP contribution in [0.1, 0.15) is 140 Å². The molecule has 0 fully saturated rings. The van der Waals surface area contributed by atoms with Crippen LogP contribution < -0.4 is 0 Å². The molecule has 1 rings (SSSR count). The van der Waals surface area contributed by atoms with Gasteiger partial charge in [-0.25, -0.2) is 0 Å². The first-order chi connectivity index (χ1) is 23.6. The SMILES string of the molecule is CO[Si](CCCCCCCC[Si](C)(C)CCCCCCCC[Si](C)(C)CCCCCCCCCCCS(=O)Cc1ccccc1)(OC)OC. The highest BCUT2D eigenvalue weighted by Crippen LogP contribution is 2.26. The summed E-state index contributed by atoms with van der Waals surface area (Å²) in [5.41, 5.74) is 1.20. The van der Waals surface area contributed by atoms with Crippen LogP contribution in [0.2, 0.25) is 56.4 Å². The van der Waals surface area contributed by atoms with E-state index in [0.717, 1.165) is 24.6 Å². The molecule has 0 aliphatic rings. The van der Waals surface area contributed by atoms with E-state index in [1.807, 2.05) is 18.2 Å². The molecule has 288 valence electrons. The average Bonchev–Trinajstić information content (AvgIpc) is 3.08. The van der Waals surface area contributed by atoms with E-state index >= 15 is 0 Å². The summed E-state index contributed by atoms with van der Waals surface area (Å²) in [5.74, 6) is 1.58. The van der Waals surface area contributed by atoms with Crippen molar-refractivity contribution in [1.82, 2.24) is 0 Å². The summed E-state index contributed by atoms with van der Waals surface area (Å²) in [5, 5.41) is 0. The normalized spacial score (nSPS) is 13.3. The molecule has 0 saturated carbocycles. The third-order valence-corrected chi connectivity index (χ3v) is 21.9. The van der Waals surface area contributed by atoms with Crippen molar-refractivity contribution >= 4 is 35.8 Å². The lowest BCUT2D eigenvalue weighted by Crippen LogP contribution is -2.42. The van der Waals surface area contributed by atoms with Crippen molar-refractivity contribution < 1.29 is 17.5 Å². The zero-order chi connectivity index (χ0) is 36.1. The van der Waals surface area contributed by atoms with Crippen LogP contribution in [0.4, 0.5) is 0 Å². The van der Waals surface area contributed by atoms with Crippen molar-refractivity contribution in [2.75, 3.05) is 27.1 Å². The first kappa shape index (κ1) is 46.9. The lowest BCUT2D eigenvalue weighted by atomic mass is 10.1. The molecule has 0 aromatic heterocycles. The highest BCUT2D eigenvalue weighted by Gasteiger charge is 2.36. The molecular formula is C41H82O4SSi3. The minimum atomic E-state index is -2.37. The molecule has 0 aliphatic heterocycles. The molecular weight excluding hydrogens is 673 g/mol. The zero-order valence-electron chi connectivity index (χ0n) is 33.7. The molecule has 0 aliphatic carbocycles. The van der Waals surface area contributed by atoms with E-state index in [9.17, 15) is 4.21 Å². The van der Waals surface area contributed by atoms with Gasteiger partial charge in [-0.05, 0) is 18.4 Å². The van der Waals surface area contributed by atoms with Gasteiger partial charge in [0.05, 0.1) is 0 Å². The number of hydrogen-bond donors (Lipinski definition) is 0. The minimum absolute atomic E-state index is 0.705. The summed E-state index contributed by atoms with van der Waals surface area (Å²) in [7, 11) is 0.0549. The van der Waals surface area contributed by atoms with Gasteiger partial charge in [0.15, 0.2) is 0 Å². The fourth-order valence-corrected chi connectivity index (χ4v) is 15.7. The van der Waals surface area contributed by atoms with Crippen molar-refractivity contribution in [2.24, 2.45) is 0 Å². The van der Waals surface area contributed by atoms with Gasteiger partial charge in [0.25, 0.3) is 0 Å². The van der Waals surface area contributed by atoms with Crippen LogP contribution in [-0.4, -0.2) is 56.2 Å². The molecule has 0 amide bonds. The molecule has 0 heterocycles. The minimum Gasteiger partial charge on any atom is -0.377 e. The Kier molecular flexibility index (Phi) is 28.1. The van der Waals surface area contributed by atoms with Crippen molar-refractivity contribution in [3.05, 3.63) is 35.9 Å². The lowest BCUT2D eigenvalue weighted by Gasteiger charge is -2.24. The third kappa shape index (κ3) is 26.3. The molecule has 49 heavy (non-hydrogen) atoms. The Balaban J connectivity index is 1.89. The van der Waals surface area contributed by atoms with Crippen LogP contribution >= 0.6 is 0 Å². The molecule has 0 bridgehead atoms. The number of benzene rings is 1. The highest BCUT2D eigenvalue weighted by atomic mass is 32.2. The van der Waals surface area contributed by atoms with E-state index in [2.05, 4.69) is 38.3 Å². The Hall–Kier alpha value is -0.0994. The molecule has 0 saturated heterocycles. The average molecular weight is 755 g/mol. The van der Waals surface area contributed by atoms with Gasteiger partial charge >= 0.3 is 8.80 Å². The Labute approximate surface area is 311 Å². The first-order valence-corrected chi connectivity index (χ1v) is 30.9. The van der Waals surface area contributed by atoms with E-state index in [-0.39, 0.29) is 0 Å². The molecule has 0 radical (unpaired) electrons. The zero-order valence-corrected chi connectivity index (χ0v) is 37.5. The molecule has 8 heteroatoms. The number of unbranched alkanes of at least 4 members (excludes halogenated alkanes) is 18. The van der Waals surface area contributed by atoms with Gasteiger partial charge in [-0.2, -0.15) is 0 Å². The maximum absolute atomic E-state index is 12.3. The van der Waals surface area contributed by atoms with Crippen LogP contribution in [0.15, 0.2) is 30.3 Å². The molecule has 0 spiro atoms. The van der Waals surface area contributed by atoms with Gasteiger partial charge in [-0.3, -0.25) is 4.21 Å². The van der Waals surface area contributed by atoms with Crippen LogP contribution in [0.3, 0.4) is 0 Å². The van der Waals surface area contributed by atoms with Crippen molar-refractivity contribution in [1.29, 1.82) is 0 Å². The van der Waals surface area contributed by atoms with Crippen molar-refractivity contribution in [3.8, 4) is 0 Å². The smallest absolute Gasteiger partial charge is 0.377 e. The Morgan fingerprint density at radius 3 is 1.10 bits per heavy atom. The van der Waals surface area contributed by atoms with Gasteiger partial charge in [-0.15, -0.1) is 0 Å². The first-order valence-electron chi connectivity index (χ1n) is 20.6. The molecule has 1 aromatic carbocycles. The third-order valence-electron chi connectivity index (χ3n) is 10.9. The monoisotopic (exact) mass is 755 g/mol. The molecule has 1 unspecified atom stereocenters. The predicted octanol–water partition coefficient (Wildman–Crippen LogP) is 13.4. The van der Waals surface area contributed by atoms with Gasteiger partial charge in [-0.1, -0.05) is 203 Å². The van der Waals surface area contributed by atoms with Crippen molar-refractivity contribution in [3.63, 3.8) is 0 Å². The van der Waals surface area contributed by atoms with E-state index in [1.54, 1.807) is 27.4 Å². The Morgan fingerprint density at radius 2 is 0.755 bits per heavy atom. The summed E-state index contributed by atoms with van der Waals surface area (Å²) >= 11 is 0. The summed E-state index contributed by atoms with van der Waals surface area (Å²) < 4.78 is 28.9. The quantitative estimate of drug-likeness (QED) is 0.0511. The predicted molar refractivity (Wildman–Crippen MR) is 226 cm³/mol. The molecule has 4 nitrogen and oxygen atoms in total. The van der Waals surface area contributed by atoms with Gasteiger partial charge < -0.3 is 13.3 Å². The largest absolute Gasteiger partial charge is 0.500 e. The summed E-state index contributed by atoms with van der Waals surface area (Å²) in [4.78, 5) is 0. The topological polar surface area (TPSA) is 44.8 Å². The molecule has 1 aromatic rings. The van der Waals surface area contributed by atoms with E-state index in [0.29, 0.717) is 5.75 Å². The molecule has 1 atom stereocenters. The maximum atomic E-state index is 12.3. The van der Waals surface area contributed by atoms with Gasteiger partial charge in [0.1, 0.15) is 0 Å². The van der Waals surface area contributed by atoms with Crippen LogP contribution in [-0.2, 0) is 29.8 Å². The summed E-state index contributed by atoms with van der Waals surface area (Å²) in [6, 6.07) is 17.3. The van der Waals surface area contributed by atoms with E-state index in [1.165, 1.54) is 146 Å². The lowest BCUT2D eigenvalue weighted by molar-refractivity contribution is 0.122. The standard InChI is InChI=1S/C41H82O4SSi3/c1-43-49(44-2,45-3)39-31-22-16-15-21-30-38-48(6,7)37-29-20-14-13-19-28-36-47(4,5)35-27-18-12-10-8-9-11-17-26-34-46(42)40-41-32-24-23-25-33-41/h23-25,32-33H,8-22,26-31,34-40H2,1-7H3. The van der Waals surface area contributed by atoms with Crippen molar-refractivity contribution in [2.45, 2.75) is 197 Å². The van der Waals surface area contributed by atoms with Crippen LogP contribution in [0.25, 0.3) is 0 Å². The second-order valence-corrected chi connectivity index (χ2v) is 31.9.